The molecule has 22 heavy (non-hydrogen) atoms. The molecule has 0 atom stereocenters. The van der Waals surface area contributed by atoms with Crippen molar-refractivity contribution in [2.45, 2.75) is 25.9 Å². The summed E-state index contributed by atoms with van der Waals surface area (Å²) in [6.45, 7) is 2.64. The van der Waals surface area contributed by atoms with E-state index >= 15 is 0 Å². The van der Waals surface area contributed by atoms with Gasteiger partial charge in [0.05, 0.1) is 26.2 Å². The van der Waals surface area contributed by atoms with Crippen LogP contribution < -0.4 is 5.32 Å². The zero-order valence-corrected chi connectivity index (χ0v) is 12.6. The molecule has 2 N–H and O–H groups in total. The van der Waals surface area contributed by atoms with Crippen LogP contribution in [0.1, 0.15) is 24.8 Å². The second-order valence-electron chi connectivity index (χ2n) is 4.75. The molecule has 0 saturated carbocycles. The van der Waals surface area contributed by atoms with E-state index in [1.165, 1.54) is 0 Å². The molecule has 0 bridgehead atoms. The number of carbonyl (C=O) groups excluding carboxylic acids is 1. The number of benzene rings is 1. The lowest BCUT2D eigenvalue weighted by molar-refractivity contribution is -0.138. The SMILES string of the molecule is O=C(O)CCC(=O)NCCCOCCOCc1ccccc1. The second-order valence-corrected chi connectivity index (χ2v) is 4.75. The van der Waals surface area contributed by atoms with Crippen LogP contribution in [0.15, 0.2) is 30.3 Å². The molecular formula is C16H23NO5. The van der Waals surface area contributed by atoms with E-state index in [4.69, 9.17) is 14.6 Å². The van der Waals surface area contributed by atoms with Crippen LogP contribution in [-0.2, 0) is 25.7 Å². The molecule has 0 aliphatic heterocycles. The Morgan fingerprint density at radius 1 is 1.00 bits per heavy atom. The summed E-state index contributed by atoms with van der Waals surface area (Å²) in [5.41, 5.74) is 1.13. The Kier molecular flexibility index (Phi) is 9.65. The van der Waals surface area contributed by atoms with E-state index in [2.05, 4.69) is 5.32 Å². The molecule has 1 aromatic rings. The number of carbonyl (C=O) groups is 2. The minimum atomic E-state index is -0.964. The van der Waals surface area contributed by atoms with Gasteiger partial charge < -0.3 is 19.9 Å². The predicted octanol–water partition coefficient (Wildman–Crippen LogP) is 1.59. The molecule has 0 unspecified atom stereocenters. The molecule has 6 heteroatoms. The standard InChI is InChI=1S/C16H23NO5/c18-15(7-8-16(19)20)17-9-4-10-21-11-12-22-13-14-5-2-1-3-6-14/h1-3,5-6H,4,7-13H2,(H,17,18)(H,19,20). The minimum absolute atomic E-state index is 0.0174. The third-order valence-electron chi connectivity index (χ3n) is 2.84. The van der Waals surface area contributed by atoms with Crippen molar-refractivity contribution in [3.8, 4) is 0 Å². The van der Waals surface area contributed by atoms with E-state index in [9.17, 15) is 9.59 Å². The second kappa shape index (κ2) is 11.7. The third-order valence-corrected chi connectivity index (χ3v) is 2.84. The van der Waals surface area contributed by atoms with E-state index < -0.39 is 5.97 Å². The predicted molar refractivity (Wildman–Crippen MR) is 81.4 cm³/mol. The average molecular weight is 309 g/mol. The van der Waals surface area contributed by atoms with Crippen molar-refractivity contribution < 1.29 is 24.2 Å². The molecule has 0 heterocycles. The lowest BCUT2D eigenvalue weighted by Crippen LogP contribution is -2.25. The number of carboxylic acid groups (broad SMARTS) is 1. The van der Waals surface area contributed by atoms with Crippen molar-refractivity contribution in [1.29, 1.82) is 0 Å². The van der Waals surface area contributed by atoms with Gasteiger partial charge in [-0.1, -0.05) is 30.3 Å². The number of carboxylic acids is 1. The highest BCUT2D eigenvalue weighted by Gasteiger charge is 2.03. The van der Waals surface area contributed by atoms with Gasteiger partial charge >= 0.3 is 5.97 Å². The highest BCUT2D eigenvalue weighted by molar-refractivity contribution is 5.80. The van der Waals surface area contributed by atoms with Crippen LogP contribution in [0, 0.1) is 0 Å². The van der Waals surface area contributed by atoms with Gasteiger partial charge in [0.1, 0.15) is 0 Å². The summed E-state index contributed by atoms with van der Waals surface area (Å²) < 4.78 is 10.8. The Hall–Kier alpha value is -1.92. The molecule has 1 aromatic carbocycles. The van der Waals surface area contributed by atoms with Crippen molar-refractivity contribution in [1.82, 2.24) is 5.32 Å². The fourth-order valence-electron chi connectivity index (χ4n) is 1.70. The highest BCUT2D eigenvalue weighted by atomic mass is 16.5. The van der Waals surface area contributed by atoms with E-state index in [0.717, 1.165) is 5.56 Å². The van der Waals surface area contributed by atoms with Gasteiger partial charge in [-0.25, -0.2) is 0 Å². The number of aliphatic carboxylic acids is 1. The van der Waals surface area contributed by atoms with E-state index in [0.29, 0.717) is 39.4 Å². The van der Waals surface area contributed by atoms with Crippen LogP contribution in [0.25, 0.3) is 0 Å². The van der Waals surface area contributed by atoms with Gasteiger partial charge in [-0.2, -0.15) is 0 Å². The quantitative estimate of drug-likeness (QED) is 0.573. The number of amides is 1. The fraction of sp³-hybridized carbons (Fsp3) is 0.500. The van der Waals surface area contributed by atoms with Crippen LogP contribution in [0.4, 0.5) is 0 Å². The van der Waals surface area contributed by atoms with Gasteiger partial charge in [-0.05, 0) is 12.0 Å². The maximum atomic E-state index is 11.2. The third kappa shape index (κ3) is 9.90. The van der Waals surface area contributed by atoms with Gasteiger partial charge in [0, 0.05) is 19.6 Å². The van der Waals surface area contributed by atoms with Gasteiger partial charge in [-0.15, -0.1) is 0 Å². The maximum absolute atomic E-state index is 11.2. The van der Waals surface area contributed by atoms with Gasteiger partial charge in [-0.3, -0.25) is 9.59 Å². The number of ether oxygens (including phenoxy) is 2. The van der Waals surface area contributed by atoms with Crippen molar-refractivity contribution >= 4 is 11.9 Å². The lowest BCUT2D eigenvalue weighted by Gasteiger charge is -2.07. The summed E-state index contributed by atoms with van der Waals surface area (Å²) >= 11 is 0. The number of hydrogen-bond donors (Lipinski definition) is 2. The topological polar surface area (TPSA) is 84.9 Å². The van der Waals surface area contributed by atoms with Crippen LogP contribution >= 0.6 is 0 Å². The van der Waals surface area contributed by atoms with Crippen LogP contribution in [0.3, 0.4) is 0 Å². The van der Waals surface area contributed by atoms with Crippen molar-refractivity contribution in [2.24, 2.45) is 0 Å². The molecule has 1 rings (SSSR count). The average Bonchev–Trinajstić information content (AvgIpc) is 2.52. The van der Waals surface area contributed by atoms with Gasteiger partial charge in [0.25, 0.3) is 0 Å². The fourth-order valence-corrected chi connectivity index (χ4v) is 1.70. The maximum Gasteiger partial charge on any atom is 0.303 e. The molecule has 0 aliphatic carbocycles. The molecule has 122 valence electrons. The van der Waals surface area contributed by atoms with Crippen molar-refractivity contribution in [3.05, 3.63) is 35.9 Å². The molecule has 0 saturated heterocycles. The van der Waals surface area contributed by atoms with Crippen LogP contribution in [-0.4, -0.2) is 43.3 Å². The summed E-state index contributed by atoms with van der Waals surface area (Å²) in [5.74, 6) is -1.21. The first kappa shape index (κ1) is 18.1. The molecule has 0 aliphatic rings. The molecule has 0 aromatic heterocycles. The number of nitrogens with one attached hydrogen (secondary N) is 1. The molecule has 0 fully saturated rings. The first-order valence-electron chi connectivity index (χ1n) is 7.36. The Morgan fingerprint density at radius 2 is 1.73 bits per heavy atom. The smallest absolute Gasteiger partial charge is 0.303 e. The molecule has 6 nitrogen and oxygen atoms in total. The molecule has 0 spiro atoms. The van der Waals surface area contributed by atoms with Gasteiger partial charge in [0.15, 0.2) is 0 Å². The summed E-state index contributed by atoms with van der Waals surface area (Å²) in [4.78, 5) is 21.5. The monoisotopic (exact) mass is 309 g/mol. The first-order valence-corrected chi connectivity index (χ1v) is 7.36. The van der Waals surface area contributed by atoms with Crippen molar-refractivity contribution in [2.75, 3.05) is 26.4 Å². The Labute approximate surface area is 130 Å². The summed E-state index contributed by atoms with van der Waals surface area (Å²) in [6.07, 6.45) is 0.572. The van der Waals surface area contributed by atoms with E-state index in [1.54, 1.807) is 0 Å². The number of hydrogen-bond acceptors (Lipinski definition) is 4. The molecule has 0 radical (unpaired) electrons. The largest absolute Gasteiger partial charge is 0.481 e. The number of rotatable bonds is 12. The first-order chi connectivity index (χ1) is 10.7. The van der Waals surface area contributed by atoms with Crippen LogP contribution in [0.5, 0.6) is 0 Å². The Bertz CT molecular complexity index is 435. The highest BCUT2D eigenvalue weighted by Crippen LogP contribution is 2.00. The molecular weight excluding hydrogens is 286 g/mol. The molecule has 1 amide bonds. The van der Waals surface area contributed by atoms with E-state index in [-0.39, 0.29) is 18.7 Å². The van der Waals surface area contributed by atoms with Crippen molar-refractivity contribution in [3.63, 3.8) is 0 Å². The summed E-state index contributed by atoms with van der Waals surface area (Å²) in [7, 11) is 0. The normalized spacial score (nSPS) is 10.4. The lowest BCUT2D eigenvalue weighted by atomic mass is 10.2. The zero-order chi connectivity index (χ0) is 16.0. The summed E-state index contributed by atoms with van der Waals surface area (Å²) in [5, 5.41) is 11.1. The van der Waals surface area contributed by atoms with Gasteiger partial charge in [0.2, 0.25) is 5.91 Å². The summed E-state index contributed by atoms with van der Waals surface area (Å²) in [6, 6.07) is 9.93. The van der Waals surface area contributed by atoms with E-state index in [1.807, 2.05) is 30.3 Å². The Balaban J connectivity index is 1.85. The Morgan fingerprint density at radius 3 is 2.45 bits per heavy atom. The van der Waals surface area contributed by atoms with Crippen LogP contribution in [0.2, 0.25) is 0 Å². The zero-order valence-electron chi connectivity index (χ0n) is 12.6. The minimum Gasteiger partial charge on any atom is -0.481 e.